The van der Waals surface area contributed by atoms with Crippen molar-refractivity contribution in [3.8, 4) is 0 Å². The Kier molecular flexibility index (Phi) is 7.55. The molecule has 0 bridgehead atoms. The van der Waals surface area contributed by atoms with Gasteiger partial charge in [0, 0.05) is 26.2 Å². The molecular weight excluding hydrogens is 428 g/mol. The Bertz CT molecular complexity index is 1050. The van der Waals surface area contributed by atoms with Crippen LogP contribution in [0.25, 0.3) is 0 Å². The first kappa shape index (κ1) is 24.2. The van der Waals surface area contributed by atoms with Gasteiger partial charge in [-0.25, -0.2) is 18.6 Å². The fourth-order valence-corrected chi connectivity index (χ4v) is 4.80. The Hall–Kier alpha value is -2.46. The smallest absolute Gasteiger partial charge is 0.410 e. The van der Waals surface area contributed by atoms with Crippen molar-refractivity contribution in [1.82, 2.24) is 20.5 Å². The van der Waals surface area contributed by atoms with Crippen molar-refractivity contribution in [3.05, 3.63) is 65.2 Å². The van der Waals surface area contributed by atoms with Gasteiger partial charge in [0.25, 0.3) is 10.0 Å². The number of nitrogens with zero attached hydrogens (tertiary/aromatic N) is 1. The second kappa shape index (κ2) is 9.99. The summed E-state index contributed by atoms with van der Waals surface area (Å²) in [4.78, 5) is 17.2. The second-order valence-electron chi connectivity index (χ2n) is 8.82. The van der Waals surface area contributed by atoms with Crippen LogP contribution in [0.15, 0.2) is 53.4 Å². The Morgan fingerprint density at radius 2 is 1.84 bits per heavy atom. The summed E-state index contributed by atoms with van der Waals surface area (Å²) in [6.45, 7) is 9.37. The number of hydrazine groups is 1. The molecule has 0 aliphatic carbocycles. The molecule has 174 valence electrons. The van der Waals surface area contributed by atoms with E-state index >= 15 is 0 Å². The van der Waals surface area contributed by atoms with Gasteiger partial charge in [-0.05, 0) is 50.5 Å². The third kappa shape index (κ3) is 6.07. The van der Waals surface area contributed by atoms with Crippen LogP contribution in [0.3, 0.4) is 0 Å². The summed E-state index contributed by atoms with van der Waals surface area (Å²) in [5.74, 6) is 0. The van der Waals surface area contributed by atoms with E-state index in [9.17, 15) is 13.2 Å². The van der Waals surface area contributed by atoms with Crippen LogP contribution in [0, 0.1) is 6.92 Å². The molecule has 1 atom stereocenters. The quantitative estimate of drug-likeness (QED) is 0.574. The van der Waals surface area contributed by atoms with Crippen molar-refractivity contribution in [3.63, 3.8) is 0 Å². The van der Waals surface area contributed by atoms with Crippen molar-refractivity contribution < 1.29 is 17.9 Å². The molecule has 32 heavy (non-hydrogen) atoms. The predicted octanol–water partition coefficient (Wildman–Crippen LogP) is 2.86. The summed E-state index contributed by atoms with van der Waals surface area (Å²) in [6.07, 6.45) is -0.355. The molecule has 1 unspecified atom stereocenters. The van der Waals surface area contributed by atoms with E-state index in [1.54, 1.807) is 36.1 Å². The van der Waals surface area contributed by atoms with E-state index in [1.165, 1.54) is 0 Å². The number of carbonyl (C=O) groups excluding carboxylic acids is 1. The van der Waals surface area contributed by atoms with Gasteiger partial charge in [-0.15, -0.1) is 4.83 Å². The highest BCUT2D eigenvalue weighted by Crippen LogP contribution is 2.27. The van der Waals surface area contributed by atoms with E-state index in [-0.39, 0.29) is 23.6 Å². The minimum Gasteiger partial charge on any atom is -0.444 e. The number of aryl methyl sites for hydroxylation is 1. The SMILES string of the molecule is Cc1ccccc1S(=O)(=O)NNCc1ccccc1C1CNCCN1C(=O)OC(C)(C)C. The summed E-state index contributed by atoms with van der Waals surface area (Å²) in [5, 5.41) is 3.33. The molecule has 1 amide bonds. The lowest BCUT2D eigenvalue weighted by molar-refractivity contribution is 0.0117. The van der Waals surface area contributed by atoms with Gasteiger partial charge >= 0.3 is 6.09 Å². The lowest BCUT2D eigenvalue weighted by Gasteiger charge is -2.38. The summed E-state index contributed by atoms with van der Waals surface area (Å²) in [5.41, 5.74) is 4.75. The number of piperazine rings is 1. The van der Waals surface area contributed by atoms with Crippen LogP contribution < -0.4 is 15.6 Å². The minimum atomic E-state index is -3.70. The zero-order valence-corrected chi connectivity index (χ0v) is 19.8. The average molecular weight is 461 g/mol. The third-order valence-corrected chi connectivity index (χ3v) is 6.60. The van der Waals surface area contributed by atoms with Gasteiger partial charge in [0.1, 0.15) is 5.60 Å². The van der Waals surface area contributed by atoms with Gasteiger partial charge < -0.3 is 10.1 Å². The number of sulfonamides is 1. The zero-order valence-electron chi connectivity index (χ0n) is 19.0. The molecule has 3 rings (SSSR count). The molecular formula is C23H32N4O4S. The van der Waals surface area contributed by atoms with Crippen LogP contribution in [-0.4, -0.2) is 44.6 Å². The molecule has 9 heteroatoms. The Morgan fingerprint density at radius 3 is 2.56 bits per heavy atom. The van der Waals surface area contributed by atoms with Crippen LogP contribution in [0.1, 0.15) is 43.5 Å². The summed E-state index contributed by atoms with van der Waals surface area (Å²) in [7, 11) is -3.70. The van der Waals surface area contributed by atoms with Crippen molar-refractivity contribution in [2.45, 2.75) is 50.8 Å². The predicted molar refractivity (Wildman–Crippen MR) is 123 cm³/mol. The molecule has 0 aromatic heterocycles. The molecule has 1 heterocycles. The minimum absolute atomic E-state index is 0.218. The molecule has 0 saturated carbocycles. The molecule has 3 N–H and O–H groups in total. The highest BCUT2D eigenvalue weighted by Gasteiger charge is 2.32. The molecule has 2 aromatic rings. The zero-order chi connectivity index (χ0) is 23.4. The topological polar surface area (TPSA) is 99.8 Å². The maximum atomic E-state index is 12.8. The Balaban J connectivity index is 1.75. The number of hydrogen-bond acceptors (Lipinski definition) is 6. The average Bonchev–Trinajstić information content (AvgIpc) is 2.73. The lowest BCUT2D eigenvalue weighted by Crippen LogP contribution is -2.50. The van der Waals surface area contributed by atoms with E-state index in [0.717, 1.165) is 11.1 Å². The largest absolute Gasteiger partial charge is 0.444 e. The van der Waals surface area contributed by atoms with Crippen LogP contribution in [0.5, 0.6) is 0 Å². The molecule has 1 aliphatic heterocycles. The number of carbonyl (C=O) groups is 1. The van der Waals surface area contributed by atoms with E-state index < -0.39 is 15.6 Å². The van der Waals surface area contributed by atoms with Crippen molar-refractivity contribution >= 4 is 16.1 Å². The number of rotatable bonds is 6. The molecule has 2 aromatic carbocycles. The summed E-state index contributed by atoms with van der Waals surface area (Å²) in [6, 6.07) is 14.3. The number of amides is 1. The van der Waals surface area contributed by atoms with E-state index in [2.05, 4.69) is 15.6 Å². The van der Waals surface area contributed by atoms with Crippen LogP contribution in [0.2, 0.25) is 0 Å². The van der Waals surface area contributed by atoms with Gasteiger partial charge in [0.15, 0.2) is 0 Å². The first-order chi connectivity index (χ1) is 15.1. The summed E-state index contributed by atoms with van der Waals surface area (Å²) >= 11 is 0. The highest BCUT2D eigenvalue weighted by molar-refractivity contribution is 7.89. The summed E-state index contributed by atoms with van der Waals surface area (Å²) < 4.78 is 30.9. The van der Waals surface area contributed by atoms with Gasteiger partial charge in [0.2, 0.25) is 0 Å². The van der Waals surface area contributed by atoms with Crippen LogP contribution >= 0.6 is 0 Å². The van der Waals surface area contributed by atoms with E-state index in [0.29, 0.717) is 25.2 Å². The molecule has 0 radical (unpaired) electrons. The maximum Gasteiger partial charge on any atom is 0.410 e. The number of ether oxygens (including phenoxy) is 1. The number of nitrogens with one attached hydrogen (secondary N) is 3. The third-order valence-electron chi connectivity index (χ3n) is 5.15. The Labute approximate surface area is 190 Å². The van der Waals surface area contributed by atoms with Crippen molar-refractivity contribution in [1.29, 1.82) is 0 Å². The maximum absolute atomic E-state index is 12.8. The first-order valence-corrected chi connectivity index (χ1v) is 12.2. The second-order valence-corrected chi connectivity index (χ2v) is 10.5. The monoisotopic (exact) mass is 460 g/mol. The Morgan fingerprint density at radius 1 is 1.16 bits per heavy atom. The van der Waals surface area contributed by atoms with Gasteiger partial charge in [-0.1, -0.05) is 42.5 Å². The highest BCUT2D eigenvalue weighted by atomic mass is 32.2. The molecule has 1 fully saturated rings. The lowest BCUT2D eigenvalue weighted by atomic mass is 9.98. The number of hydrogen-bond donors (Lipinski definition) is 3. The fourth-order valence-electron chi connectivity index (χ4n) is 3.68. The fraction of sp³-hybridized carbons (Fsp3) is 0.435. The first-order valence-electron chi connectivity index (χ1n) is 10.7. The number of benzene rings is 2. The van der Waals surface area contributed by atoms with E-state index in [1.807, 2.05) is 45.0 Å². The van der Waals surface area contributed by atoms with Gasteiger partial charge in [0.05, 0.1) is 10.9 Å². The standard InChI is InChI=1S/C23H32N4O4S/c1-17-9-5-8-12-21(17)32(29,30)26-25-15-18-10-6-7-11-19(18)20-16-24-13-14-27(20)22(28)31-23(2,3)4/h5-12,20,24-26H,13-16H2,1-4H3. The van der Waals surface area contributed by atoms with Gasteiger partial charge in [-0.2, -0.15) is 0 Å². The van der Waals surface area contributed by atoms with Crippen molar-refractivity contribution in [2.24, 2.45) is 0 Å². The van der Waals surface area contributed by atoms with Crippen molar-refractivity contribution in [2.75, 3.05) is 19.6 Å². The molecule has 8 nitrogen and oxygen atoms in total. The van der Waals surface area contributed by atoms with Crippen LogP contribution in [0.4, 0.5) is 4.79 Å². The molecule has 1 aliphatic rings. The molecule has 0 spiro atoms. The normalized spacial score (nSPS) is 17.2. The van der Waals surface area contributed by atoms with E-state index in [4.69, 9.17) is 4.74 Å². The van der Waals surface area contributed by atoms with Crippen LogP contribution in [-0.2, 0) is 21.3 Å². The molecule has 1 saturated heterocycles. The van der Waals surface area contributed by atoms with Gasteiger partial charge in [-0.3, -0.25) is 4.90 Å².